The van der Waals surface area contributed by atoms with Crippen molar-refractivity contribution in [2.75, 3.05) is 0 Å². The largest absolute Gasteiger partial charge is 0.344 e. The molecule has 3 N–H and O–H groups in total. The van der Waals surface area contributed by atoms with Crippen molar-refractivity contribution in [2.24, 2.45) is 0 Å². The Kier molecular flexibility index (Phi) is 9.83. The lowest BCUT2D eigenvalue weighted by Gasteiger charge is -1.94. The number of rotatable bonds is 5. The van der Waals surface area contributed by atoms with Gasteiger partial charge in [0.2, 0.25) is 0 Å². The van der Waals surface area contributed by atoms with Crippen molar-refractivity contribution < 1.29 is 4.79 Å². The molecular weight excluding hydrogens is 150 g/mol. The third kappa shape index (κ3) is 9.37. The molecule has 2 heteroatoms. The first-order valence-corrected chi connectivity index (χ1v) is 4.34. The van der Waals surface area contributed by atoms with Gasteiger partial charge in [-0.15, -0.1) is 0 Å². The van der Waals surface area contributed by atoms with Crippen LogP contribution in [0.1, 0.15) is 46.5 Å². The monoisotopic (exact) mass is 171 g/mol. The average molecular weight is 171 g/mol. The molecule has 0 aromatic rings. The highest BCUT2D eigenvalue weighted by Crippen LogP contribution is 2.01. The van der Waals surface area contributed by atoms with E-state index < -0.39 is 0 Å². The Labute approximate surface area is 75.6 Å². The molecule has 0 atom stereocenters. The molecule has 0 amide bonds. The molecule has 12 heavy (non-hydrogen) atoms. The summed E-state index contributed by atoms with van der Waals surface area (Å²) >= 11 is 0. The molecule has 0 saturated carbocycles. The molecule has 0 aromatic carbocycles. The van der Waals surface area contributed by atoms with Crippen LogP contribution in [0.25, 0.3) is 0 Å². The van der Waals surface area contributed by atoms with E-state index in [4.69, 9.17) is 0 Å². The SMILES string of the molecule is CCCCCC(=O)C=C(C)C.N. The fourth-order valence-corrected chi connectivity index (χ4v) is 0.943. The third-order valence-electron chi connectivity index (χ3n) is 1.48. The number of unbranched alkanes of at least 4 members (excludes halogenated alkanes) is 2. The Morgan fingerprint density at radius 1 is 1.25 bits per heavy atom. The number of hydrogen-bond acceptors (Lipinski definition) is 2. The molecule has 0 fully saturated rings. The van der Waals surface area contributed by atoms with E-state index in [1.165, 1.54) is 12.8 Å². The summed E-state index contributed by atoms with van der Waals surface area (Å²) in [6.45, 7) is 6.06. The molecule has 0 aliphatic rings. The van der Waals surface area contributed by atoms with Crippen LogP contribution in [0.15, 0.2) is 11.6 Å². The molecule has 0 rings (SSSR count). The van der Waals surface area contributed by atoms with Gasteiger partial charge >= 0.3 is 0 Å². The van der Waals surface area contributed by atoms with Crippen LogP contribution in [-0.2, 0) is 4.79 Å². The third-order valence-corrected chi connectivity index (χ3v) is 1.48. The van der Waals surface area contributed by atoms with E-state index in [0.29, 0.717) is 0 Å². The number of hydrogen-bond donors (Lipinski definition) is 1. The van der Waals surface area contributed by atoms with Gasteiger partial charge in [0.15, 0.2) is 5.78 Å². The summed E-state index contributed by atoms with van der Waals surface area (Å²) in [7, 11) is 0. The van der Waals surface area contributed by atoms with Gasteiger partial charge in [0.1, 0.15) is 0 Å². The Bertz CT molecular complexity index is 146. The van der Waals surface area contributed by atoms with Gasteiger partial charge in [-0.05, 0) is 26.3 Å². The normalized spacial score (nSPS) is 8.58. The zero-order chi connectivity index (χ0) is 8.69. The minimum absolute atomic E-state index is 0. The number of carbonyl (C=O) groups is 1. The summed E-state index contributed by atoms with van der Waals surface area (Å²) in [4.78, 5) is 11.1. The first-order valence-electron chi connectivity index (χ1n) is 4.34. The van der Waals surface area contributed by atoms with Crippen molar-refractivity contribution in [1.82, 2.24) is 6.15 Å². The molecule has 0 saturated heterocycles. The fraction of sp³-hybridized carbons (Fsp3) is 0.700. The maximum absolute atomic E-state index is 11.1. The van der Waals surface area contributed by atoms with Crippen LogP contribution in [0.2, 0.25) is 0 Å². The summed E-state index contributed by atoms with van der Waals surface area (Å²) in [6.07, 6.45) is 5.85. The van der Waals surface area contributed by atoms with Gasteiger partial charge in [0.05, 0.1) is 0 Å². The smallest absolute Gasteiger partial charge is 0.155 e. The summed E-state index contributed by atoms with van der Waals surface area (Å²) < 4.78 is 0. The van der Waals surface area contributed by atoms with E-state index in [2.05, 4.69) is 6.92 Å². The molecule has 0 unspecified atom stereocenters. The van der Waals surface area contributed by atoms with E-state index in [1.54, 1.807) is 6.08 Å². The molecule has 0 heterocycles. The second-order valence-corrected chi connectivity index (χ2v) is 3.15. The number of carbonyl (C=O) groups excluding carboxylic acids is 1. The van der Waals surface area contributed by atoms with Gasteiger partial charge in [-0.25, -0.2) is 0 Å². The van der Waals surface area contributed by atoms with Crippen LogP contribution >= 0.6 is 0 Å². The minimum Gasteiger partial charge on any atom is -0.344 e. The van der Waals surface area contributed by atoms with Crippen molar-refractivity contribution >= 4 is 5.78 Å². The number of allylic oxidation sites excluding steroid dienone is 2. The lowest BCUT2D eigenvalue weighted by atomic mass is 10.1. The first kappa shape index (κ1) is 13.9. The fourth-order valence-electron chi connectivity index (χ4n) is 0.943. The average Bonchev–Trinajstić information content (AvgIpc) is 1.86. The molecule has 2 nitrogen and oxygen atoms in total. The summed E-state index contributed by atoms with van der Waals surface area (Å²) in [5.41, 5.74) is 1.10. The van der Waals surface area contributed by atoms with Crippen molar-refractivity contribution in [2.45, 2.75) is 46.5 Å². The molecule has 0 spiro atoms. The quantitative estimate of drug-likeness (QED) is 0.510. The summed E-state index contributed by atoms with van der Waals surface area (Å²) in [5, 5.41) is 0. The van der Waals surface area contributed by atoms with Crippen molar-refractivity contribution in [3.8, 4) is 0 Å². The summed E-state index contributed by atoms with van der Waals surface area (Å²) in [5.74, 6) is 0.276. The highest BCUT2D eigenvalue weighted by atomic mass is 16.1. The molecule has 0 aromatic heterocycles. The van der Waals surface area contributed by atoms with Crippen LogP contribution in [0.4, 0.5) is 0 Å². The van der Waals surface area contributed by atoms with Gasteiger partial charge in [0.25, 0.3) is 0 Å². The highest BCUT2D eigenvalue weighted by Gasteiger charge is 1.95. The van der Waals surface area contributed by atoms with Gasteiger partial charge < -0.3 is 6.15 Å². The highest BCUT2D eigenvalue weighted by molar-refractivity contribution is 5.90. The van der Waals surface area contributed by atoms with Gasteiger partial charge in [-0.1, -0.05) is 25.3 Å². The Morgan fingerprint density at radius 3 is 2.25 bits per heavy atom. The van der Waals surface area contributed by atoms with Gasteiger partial charge in [0, 0.05) is 6.42 Å². The topological polar surface area (TPSA) is 52.1 Å². The Morgan fingerprint density at radius 2 is 1.83 bits per heavy atom. The van der Waals surface area contributed by atoms with Crippen LogP contribution < -0.4 is 6.15 Å². The zero-order valence-corrected chi connectivity index (χ0v) is 8.52. The first-order chi connectivity index (χ1) is 5.16. The lowest BCUT2D eigenvalue weighted by Crippen LogP contribution is -1.92. The molecule has 0 radical (unpaired) electrons. The molecule has 0 aliphatic carbocycles. The second-order valence-electron chi connectivity index (χ2n) is 3.15. The maximum Gasteiger partial charge on any atom is 0.155 e. The standard InChI is InChI=1S/C10H18O.H3N/c1-4-5-6-7-10(11)8-9(2)3;/h8H,4-7H2,1-3H3;1H3. The van der Waals surface area contributed by atoms with Crippen molar-refractivity contribution in [3.05, 3.63) is 11.6 Å². The predicted molar refractivity (Wildman–Crippen MR) is 53.6 cm³/mol. The van der Waals surface area contributed by atoms with E-state index in [-0.39, 0.29) is 11.9 Å². The summed E-state index contributed by atoms with van der Waals surface area (Å²) in [6, 6.07) is 0. The zero-order valence-electron chi connectivity index (χ0n) is 8.52. The Balaban J connectivity index is 0. The molecule has 0 aliphatic heterocycles. The van der Waals surface area contributed by atoms with E-state index >= 15 is 0 Å². The lowest BCUT2D eigenvalue weighted by molar-refractivity contribution is -0.114. The molecule has 0 bridgehead atoms. The molecule has 72 valence electrons. The minimum atomic E-state index is 0. The second kappa shape index (κ2) is 8.47. The van der Waals surface area contributed by atoms with Crippen molar-refractivity contribution in [3.63, 3.8) is 0 Å². The van der Waals surface area contributed by atoms with Crippen LogP contribution in [0.3, 0.4) is 0 Å². The van der Waals surface area contributed by atoms with E-state index in [9.17, 15) is 4.79 Å². The maximum atomic E-state index is 11.1. The van der Waals surface area contributed by atoms with Crippen molar-refractivity contribution in [1.29, 1.82) is 0 Å². The van der Waals surface area contributed by atoms with Gasteiger partial charge in [-0.2, -0.15) is 0 Å². The predicted octanol–water partition coefficient (Wildman–Crippen LogP) is 3.26. The Hall–Kier alpha value is -0.630. The van der Waals surface area contributed by atoms with E-state index in [1.807, 2.05) is 13.8 Å². The molecular formula is C10H21NO. The number of ketones is 1. The van der Waals surface area contributed by atoms with Crippen LogP contribution in [0.5, 0.6) is 0 Å². The van der Waals surface area contributed by atoms with Gasteiger partial charge in [-0.3, -0.25) is 4.79 Å². The van der Waals surface area contributed by atoms with Crippen LogP contribution in [-0.4, -0.2) is 5.78 Å². The van der Waals surface area contributed by atoms with E-state index in [0.717, 1.165) is 18.4 Å². The van der Waals surface area contributed by atoms with Crippen LogP contribution in [0, 0.1) is 0 Å².